The van der Waals surface area contributed by atoms with E-state index in [1.54, 1.807) is 0 Å². The lowest BCUT2D eigenvalue weighted by molar-refractivity contribution is 1.34. The Morgan fingerprint density at radius 1 is 0.875 bits per heavy atom. The van der Waals surface area contributed by atoms with Crippen LogP contribution in [0, 0.1) is 13.8 Å². The zero-order valence-electron chi connectivity index (χ0n) is 9.63. The van der Waals surface area contributed by atoms with Crippen LogP contribution >= 0.6 is 11.6 Å². The molecular weight excluding hydrogens is 216 g/mol. The van der Waals surface area contributed by atoms with Gasteiger partial charge in [0, 0.05) is 5.88 Å². The molecule has 0 bridgehead atoms. The molecule has 82 valence electrons. The number of halogens is 1. The topological polar surface area (TPSA) is 0 Å². The first kappa shape index (κ1) is 11.2. The Morgan fingerprint density at radius 2 is 1.50 bits per heavy atom. The highest BCUT2D eigenvalue weighted by atomic mass is 35.5. The molecule has 0 saturated carbocycles. The molecule has 0 aliphatic heterocycles. The van der Waals surface area contributed by atoms with Crippen LogP contribution in [-0.4, -0.2) is 0 Å². The maximum absolute atomic E-state index is 5.99. The lowest BCUT2D eigenvalue weighted by Gasteiger charge is -2.08. The van der Waals surface area contributed by atoms with Gasteiger partial charge in [0.15, 0.2) is 0 Å². The first-order valence-corrected chi connectivity index (χ1v) is 5.96. The summed E-state index contributed by atoms with van der Waals surface area (Å²) in [6.07, 6.45) is 0. The second kappa shape index (κ2) is 4.71. The summed E-state index contributed by atoms with van der Waals surface area (Å²) in [6, 6.07) is 15.0. The zero-order valence-corrected chi connectivity index (χ0v) is 10.4. The van der Waals surface area contributed by atoms with Crippen LogP contribution < -0.4 is 0 Å². The molecule has 0 radical (unpaired) electrons. The molecule has 2 rings (SSSR count). The Labute approximate surface area is 102 Å². The molecule has 0 atom stereocenters. The minimum absolute atomic E-state index is 0.560. The first-order valence-electron chi connectivity index (χ1n) is 5.43. The smallest absolute Gasteiger partial charge is 0.0480 e. The van der Waals surface area contributed by atoms with Gasteiger partial charge >= 0.3 is 0 Å². The van der Waals surface area contributed by atoms with Crippen molar-refractivity contribution in [3.63, 3.8) is 0 Å². The van der Waals surface area contributed by atoms with Crippen molar-refractivity contribution in [2.45, 2.75) is 19.7 Å². The van der Waals surface area contributed by atoms with E-state index in [1.807, 2.05) is 0 Å². The number of benzene rings is 2. The van der Waals surface area contributed by atoms with Gasteiger partial charge in [-0.2, -0.15) is 0 Å². The number of hydrogen-bond donors (Lipinski definition) is 0. The molecule has 0 heterocycles. The lowest BCUT2D eigenvalue weighted by Crippen LogP contribution is -1.88. The predicted molar refractivity (Wildman–Crippen MR) is 70.9 cm³/mol. The SMILES string of the molecule is Cc1ccc(-c2ccc(C)cc2CCl)cc1. The molecule has 0 aliphatic rings. The summed E-state index contributed by atoms with van der Waals surface area (Å²) in [7, 11) is 0. The molecular formula is C15H15Cl. The molecule has 0 fully saturated rings. The maximum atomic E-state index is 5.99. The largest absolute Gasteiger partial charge is 0.122 e. The molecule has 1 heteroatoms. The van der Waals surface area contributed by atoms with Crippen LogP contribution in [0.3, 0.4) is 0 Å². The number of hydrogen-bond acceptors (Lipinski definition) is 0. The minimum atomic E-state index is 0.560. The molecule has 16 heavy (non-hydrogen) atoms. The van der Waals surface area contributed by atoms with Crippen LogP contribution in [-0.2, 0) is 5.88 Å². The van der Waals surface area contributed by atoms with Crippen molar-refractivity contribution in [1.82, 2.24) is 0 Å². The van der Waals surface area contributed by atoms with Crippen molar-refractivity contribution < 1.29 is 0 Å². The van der Waals surface area contributed by atoms with E-state index in [0.717, 1.165) is 0 Å². The molecule has 2 aromatic carbocycles. The Bertz CT molecular complexity index is 483. The van der Waals surface area contributed by atoms with Crippen LogP contribution in [0.1, 0.15) is 16.7 Å². The number of rotatable bonds is 2. The van der Waals surface area contributed by atoms with E-state index in [2.05, 4.69) is 56.3 Å². The van der Waals surface area contributed by atoms with Crippen molar-refractivity contribution in [1.29, 1.82) is 0 Å². The lowest BCUT2D eigenvalue weighted by atomic mass is 9.98. The van der Waals surface area contributed by atoms with Crippen LogP contribution in [0.25, 0.3) is 11.1 Å². The molecule has 0 saturated heterocycles. The van der Waals surface area contributed by atoms with Crippen molar-refractivity contribution in [2.75, 3.05) is 0 Å². The Kier molecular flexibility index (Phi) is 3.31. The van der Waals surface area contributed by atoms with E-state index in [4.69, 9.17) is 11.6 Å². The Morgan fingerprint density at radius 3 is 2.12 bits per heavy atom. The quantitative estimate of drug-likeness (QED) is 0.656. The van der Waals surface area contributed by atoms with Crippen LogP contribution in [0.5, 0.6) is 0 Å². The summed E-state index contributed by atoms with van der Waals surface area (Å²) < 4.78 is 0. The van der Waals surface area contributed by atoms with E-state index in [9.17, 15) is 0 Å². The van der Waals surface area contributed by atoms with Crippen molar-refractivity contribution in [3.05, 3.63) is 59.2 Å². The van der Waals surface area contributed by atoms with Gasteiger partial charge in [0.2, 0.25) is 0 Å². The third kappa shape index (κ3) is 2.28. The zero-order chi connectivity index (χ0) is 11.5. The summed E-state index contributed by atoms with van der Waals surface area (Å²) in [5, 5.41) is 0. The molecule has 0 spiro atoms. The molecule has 0 N–H and O–H groups in total. The van der Waals surface area contributed by atoms with Crippen LogP contribution in [0.15, 0.2) is 42.5 Å². The van der Waals surface area contributed by atoms with Crippen LogP contribution in [0.2, 0.25) is 0 Å². The van der Waals surface area contributed by atoms with Gasteiger partial charge in [-0.05, 0) is 30.5 Å². The normalized spacial score (nSPS) is 10.4. The van der Waals surface area contributed by atoms with Crippen molar-refractivity contribution >= 4 is 11.6 Å². The number of aryl methyl sites for hydroxylation is 2. The highest BCUT2D eigenvalue weighted by Crippen LogP contribution is 2.26. The van der Waals surface area contributed by atoms with Gasteiger partial charge in [-0.25, -0.2) is 0 Å². The first-order chi connectivity index (χ1) is 7.70. The van der Waals surface area contributed by atoms with Gasteiger partial charge in [0.1, 0.15) is 0 Å². The van der Waals surface area contributed by atoms with Gasteiger partial charge in [-0.1, -0.05) is 53.6 Å². The summed E-state index contributed by atoms with van der Waals surface area (Å²) in [4.78, 5) is 0. The molecule has 0 unspecified atom stereocenters. The molecule has 2 aromatic rings. The second-order valence-electron chi connectivity index (χ2n) is 4.16. The minimum Gasteiger partial charge on any atom is -0.122 e. The second-order valence-corrected chi connectivity index (χ2v) is 4.43. The third-order valence-electron chi connectivity index (χ3n) is 2.77. The highest BCUT2D eigenvalue weighted by Gasteiger charge is 2.04. The standard InChI is InChI=1S/C15H15Cl/c1-11-3-6-13(7-4-11)15-8-5-12(2)9-14(15)10-16/h3-9H,10H2,1-2H3. The van der Waals surface area contributed by atoms with E-state index in [0.29, 0.717) is 5.88 Å². The summed E-state index contributed by atoms with van der Waals surface area (Å²) in [6.45, 7) is 4.19. The number of alkyl halides is 1. The molecule has 0 nitrogen and oxygen atoms in total. The van der Waals surface area contributed by atoms with Gasteiger partial charge in [-0.15, -0.1) is 11.6 Å². The van der Waals surface area contributed by atoms with E-state index in [1.165, 1.54) is 27.8 Å². The Balaban J connectivity index is 2.51. The van der Waals surface area contributed by atoms with E-state index < -0.39 is 0 Å². The van der Waals surface area contributed by atoms with Gasteiger partial charge in [-0.3, -0.25) is 0 Å². The van der Waals surface area contributed by atoms with Crippen molar-refractivity contribution in [3.8, 4) is 11.1 Å². The summed E-state index contributed by atoms with van der Waals surface area (Å²) in [5.41, 5.74) is 6.21. The third-order valence-corrected chi connectivity index (χ3v) is 3.06. The maximum Gasteiger partial charge on any atom is 0.0480 e. The Hall–Kier alpha value is -1.27. The summed E-state index contributed by atoms with van der Waals surface area (Å²) in [5.74, 6) is 0.560. The highest BCUT2D eigenvalue weighted by molar-refractivity contribution is 6.17. The van der Waals surface area contributed by atoms with E-state index in [-0.39, 0.29) is 0 Å². The van der Waals surface area contributed by atoms with Crippen molar-refractivity contribution in [2.24, 2.45) is 0 Å². The molecule has 0 aromatic heterocycles. The van der Waals surface area contributed by atoms with E-state index >= 15 is 0 Å². The molecule has 0 amide bonds. The van der Waals surface area contributed by atoms with Gasteiger partial charge < -0.3 is 0 Å². The summed E-state index contributed by atoms with van der Waals surface area (Å²) >= 11 is 5.99. The average molecular weight is 231 g/mol. The fraction of sp³-hybridized carbons (Fsp3) is 0.200. The van der Waals surface area contributed by atoms with Gasteiger partial charge in [0.05, 0.1) is 0 Å². The molecule has 0 aliphatic carbocycles. The fourth-order valence-corrected chi connectivity index (χ4v) is 2.07. The predicted octanol–water partition coefficient (Wildman–Crippen LogP) is 4.71. The monoisotopic (exact) mass is 230 g/mol. The average Bonchev–Trinajstić information content (AvgIpc) is 2.30. The van der Waals surface area contributed by atoms with Gasteiger partial charge in [0.25, 0.3) is 0 Å². The van der Waals surface area contributed by atoms with Crippen LogP contribution in [0.4, 0.5) is 0 Å². The fourth-order valence-electron chi connectivity index (χ4n) is 1.85.